The van der Waals surface area contributed by atoms with E-state index in [2.05, 4.69) is 11.4 Å². The zero-order chi connectivity index (χ0) is 19.1. The summed E-state index contributed by atoms with van der Waals surface area (Å²) >= 11 is 0. The van der Waals surface area contributed by atoms with E-state index in [0.29, 0.717) is 12.1 Å². The Bertz CT molecular complexity index is 832. The molecule has 0 heterocycles. The van der Waals surface area contributed by atoms with Gasteiger partial charge < -0.3 is 5.32 Å². The van der Waals surface area contributed by atoms with Crippen LogP contribution in [-0.2, 0) is 22.4 Å². The number of carbonyl (C=O) groups excluding carboxylic acids is 2. The predicted octanol–water partition coefficient (Wildman–Crippen LogP) is 4.15. The Labute approximate surface area is 154 Å². The number of hydrogen-bond donors (Lipinski definition) is 1. The van der Waals surface area contributed by atoms with E-state index in [4.69, 9.17) is 0 Å². The second-order valence-electron chi connectivity index (χ2n) is 6.50. The minimum atomic E-state index is -1.29. The van der Waals surface area contributed by atoms with Crippen molar-refractivity contribution in [1.82, 2.24) is 0 Å². The maximum absolute atomic E-state index is 12.4. The quantitative estimate of drug-likeness (QED) is 0.764. The van der Waals surface area contributed by atoms with Crippen LogP contribution in [0.25, 0.3) is 0 Å². The van der Waals surface area contributed by atoms with Crippen molar-refractivity contribution in [1.29, 1.82) is 5.26 Å². The topological polar surface area (TPSA) is 70.0 Å². The Morgan fingerprint density at radius 1 is 1.12 bits per heavy atom. The first-order valence-electron chi connectivity index (χ1n) is 8.83. The highest BCUT2D eigenvalue weighted by molar-refractivity contribution is 6.09. The van der Waals surface area contributed by atoms with Gasteiger partial charge in [-0.25, -0.2) is 0 Å². The molecule has 4 nitrogen and oxygen atoms in total. The van der Waals surface area contributed by atoms with Gasteiger partial charge in [0, 0.05) is 12.1 Å². The molecule has 1 N–H and O–H groups in total. The van der Waals surface area contributed by atoms with Gasteiger partial charge in [0.2, 0.25) is 5.91 Å². The lowest BCUT2D eigenvalue weighted by molar-refractivity contribution is -0.128. The van der Waals surface area contributed by atoms with Crippen molar-refractivity contribution in [3.63, 3.8) is 0 Å². The van der Waals surface area contributed by atoms with Gasteiger partial charge in [-0.1, -0.05) is 42.8 Å². The molecule has 0 spiro atoms. The monoisotopic (exact) mass is 348 g/mol. The highest BCUT2D eigenvalue weighted by Gasteiger charge is 2.26. The predicted molar refractivity (Wildman–Crippen MR) is 103 cm³/mol. The fourth-order valence-electron chi connectivity index (χ4n) is 2.84. The van der Waals surface area contributed by atoms with Crippen LogP contribution in [0.1, 0.15) is 35.6 Å². The molecule has 2 aromatic carbocycles. The minimum Gasteiger partial charge on any atom is -0.325 e. The van der Waals surface area contributed by atoms with Crippen molar-refractivity contribution in [2.75, 3.05) is 5.32 Å². The number of aryl methyl sites for hydroxylation is 4. The van der Waals surface area contributed by atoms with Gasteiger partial charge in [0.05, 0.1) is 6.07 Å². The lowest BCUT2D eigenvalue weighted by Crippen LogP contribution is -2.28. The van der Waals surface area contributed by atoms with E-state index in [1.54, 1.807) is 12.1 Å². The SMILES string of the molecule is CCc1ccc(NC(=O)C(C#N)C(=O)CCc2ccc(C)cc2C)cc1. The number of rotatable bonds is 7. The second-order valence-corrected chi connectivity index (χ2v) is 6.50. The maximum Gasteiger partial charge on any atom is 0.249 e. The van der Waals surface area contributed by atoms with Crippen LogP contribution in [0.4, 0.5) is 5.69 Å². The van der Waals surface area contributed by atoms with Crippen LogP contribution in [0.5, 0.6) is 0 Å². The van der Waals surface area contributed by atoms with Crippen molar-refractivity contribution in [2.45, 2.75) is 40.0 Å². The van der Waals surface area contributed by atoms with E-state index >= 15 is 0 Å². The number of amides is 1. The van der Waals surface area contributed by atoms with Gasteiger partial charge in [0.15, 0.2) is 11.7 Å². The molecule has 134 valence electrons. The second kappa shape index (κ2) is 8.96. The molecular formula is C22H24N2O2. The average Bonchev–Trinajstić information content (AvgIpc) is 2.62. The van der Waals surface area contributed by atoms with Gasteiger partial charge in [-0.15, -0.1) is 0 Å². The number of carbonyl (C=O) groups is 2. The Kier molecular flexibility index (Phi) is 6.68. The molecule has 1 unspecified atom stereocenters. The number of hydrogen-bond acceptors (Lipinski definition) is 3. The van der Waals surface area contributed by atoms with E-state index in [9.17, 15) is 14.9 Å². The number of ketones is 1. The first-order chi connectivity index (χ1) is 12.4. The minimum absolute atomic E-state index is 0.171. The number of anilines is 1. The zero-order valence-corrected chi connectivity index (χ0v) is 15.5. The fraction of sp³-hybridized carbons (Fsp3) is 0.318. The Hall–Kier alpha value is -2.93. The summed E-state index contributed by atoms with van der Waals surface area (Å²) in [7, 11) is 0. The summed E-state index contributed by atoms with van der Waals surface area (Å²) in [5.74, 6) is -2.20. The smallest absolute Gasteiger partial charge is 0.249 e. The summed E-state index contributed by atoms with van der Waals surface area (Å²) in [4.78, 5) is 24.7. The molecule has 1 amide bonds. The highest BCUT2D eigenvalue weighted by Crippen LogP contribution is 2.16. The maximum atomic E-state index is 12.4. The molecule has 26 heavy (non-hydrogen) atoms. The molecular weight excluding hydrogens is 324 g/mol. The third-order valence-electron chi connectivity index (χ3n) is 4.48. The molecule has 0 aliphatic heterocycles. The van der Waals surface area contributed by atoms with E-state index < -0.39 is 11.8 Å². The first-order valence-corrected chi connectivity index (χ1v) is 8.83. The van der Waals surface area contributed by atoms with Gasteiger partial charge in [-0.3, -0.25) is 9.59 Å². The number of Topliss-reactive ketones (excluding diaryl/α,β-unsaturated/α-hetero) is 1. The molecule has 2 rings (SSSR count). The lowest BCUT2D eigenvalue weighted by Gasteiger charge is -2.11. The third-order valence-corrected chi connectivity index (χ3v) is 4.48. The van der Waals surface area contributed by atoms with Crippen molar-refractivity contribution in [3.05, 3.63) is 64.7 Å². The fourth-order valence-corrected chi connectivity index (χ4v) is 2.84. The Balaban J connectivity index is 1.98. The Morgan fingerprint density at radius 3 is 2.38 bits per heavy atom. The van der Waals surface area contributed by atoms with Crippen LogP contribution in [0, 0.1) is 31.1 Å². The molecule has 0 bridgehead atoms. The number of benzene rings is 2. The van der Waals surface area contributed by atoms with E-state index in [0.717, 1.165) is 23.1 Å². The summed E-state index contributed by atoms with van der Waals surface area (Å²) in [5, 5.41) is 11.9. The van der Waals surface area contributed by atoms with Crippen LogP contribution in [0.2, 0.25) is 0 Å². The molecule has 0 radical (unpaired) electrons. The summed E-state index contributed by atoms with van der Waals surface area (Å²) in [6, 6.07) is 15.3. The van der Waals surface area contributed by atoms with Gasteiger partial charge in [-0.2, -0.15) is 5.26 Å². The molecule has 0 aliphatic carbocycles. The standard InChI is InChI=1S/C22H24N2O2/c1-4-17-6-10-19(11-7-17)24-22(26)20(14-23)21(25)12-9-18-8-5-15(2)13-16(18)3/h5-8,10-11,13,20H,4,9,12H2,1-3H3,(H,24,26). The van der Waals surface area contributed by atoms with E-state index in [-0.39, 0.29) is 12.2 Å². The van der Waals surface area contributed by atoms with E-state index in [1.807, 2.05) is 51.1 Å². The van der Waals surface area contributed by atoms with Crippen molar-refractivity contribution in [2.24, 2.45) is 5.92 Å². The average molecular weight is 348 g/mol. The molecule has 0 aliphatic rings. The summed E-state index contributed by atoms with van der Waals surface area (Å²) in [6.07, 6.45) is 1.61. The van der Waals surface area contributed by atoms with Crippen LogP contribution in [0.15, 0.2) is 42.5 Å². The Morgan fingerprint density at radius 2 is 1.81 bits per heavy atom. The van der Waals surface area contributed by atoms with Crippen molar-refractivity contribution < 1.29 is 9.59 Å². The largest absolute Gasteiger partial charge is 0.325 e. The number of nitrogens with zero attached hydrogens (tertiary/aromatic N) is 1. The summed E-state index contributed by atoms with van der Waals surface area (Å²) < 4.78 is 0. The van der Waals surface area contributed by atoms with Crippen LogP contribution < -0.4 is 5.32 Å². The lowest BCUT2D eigenvalue weighted by atomic mass is 9.95. The zero-order valence-electron chi connectivity index (χ0n) is 15.5. The summed E-state index contributed by atoms with van der Waals surface area (Å²) in [6.45, 7) is 6.07. The van der Waals surface area contributed by atoms with Gasteiger partial charge in [0.1, 0.15) is 0 Å². The molecule has 2 aromatic rings. The van der Waals surface area contributed by atoms with Crippen LogP contribution in [0.3, 0.4) is 0 Å². The van der Waals surface area contributed by atoms with Crippen LogP contribution in [-0.4, -0.2) is 11.7 Å². The normalized spacial score (nSPS) is 11.5. The number of nitriles is 1. The van der Waals surface area contributed by atoms with Gasteiger partial charge in [0.25, 0.3) is 0 Å². The first kappa shape index (κ1) is 19.4. The molecule has 0 fully saturated rings. The molecule has 0 aromatic heterocycles. The van der Waals surface area contributed by atoms with Gasteiger partial charge >= 0.3 is 0 Å². The van der Waals surface area contributed by atoms with E-state index in [1.165, 1.54) is 5.56 Å². The molecule has 0 saturated carbocycles. The molecule has 4 heteroatoms. The molecule has 1 atom stereocenters. The van der Waals surface area contributed by atoms with Gasteiger partial charge in [-0.05, 0) is 55.5 Å². The van der Waals surface area contributed by atoms with Crippen molar-refractivity contribution in [3.8, 4) is 6.07 Å². The van der Waals surface area contributed by atoms with Crippen LogP contribution >= 0.6 is 0 Å². The summed E-state index contributed by atoms with van der Waals surface area (Å²) in [5.41, 5.74) is 5.10. The highest BCUT2D eigenvalue weighted by atomic mass is 16.2. The molecule has 0 saturated heterocycles. The third kappa shape index (κ3) is 5.03. The van der Waals surface area contributed by atoms with Crippen molar-refractivity contribution >= 4 is 17.4 Å². The number of nitrogens with one attached hydrogen (secondary N) is 1.